The summed E-state index contributed by atoms with van der Waals surface area (Å²) in [6.45, 7) is 0. The Morgan fingerprint density at radius 2 is 2.12 bits per heavy atom. The van der Waals surface area contributed by atoms with Crippen LogP contribution in [0.2, 0.25) is 5.02 Å². The maximum Gasteiger partial charge on any atom is 0.122 e. The van der Waals surface area contributed by atoms with Gasteiger partial charge in [0.25, 0.3) is 0 Å². The first-order chi connectivity index (χ1) is 8.20. The molecule has 1 aliphatic rings. The molecule has 1 N–H and O–H groups in total. The van der Waals surface area contributed by atoms with Gasteiger partial charge in [0.1, 0.15) is 6.04 Å². The molecule has 1 aromatic rings. The molecule has 0 amide bonds. The fourth-order valence-corrected chi connectivity index (χ4v) is 3.17. The molecular weight excluding hydrogens is 300 g/mol. The molecule has 2 nitrogen and oxygen atoms in total. The van der Waals surface area contributed by atoms with Crippen LogP contribution in [0.25, 0.3) is 0 Å². The fourth-order valence-electron chi connectivity index (χ4n) is 2.26. The number of nitrogens with zero attached hydrogens (tertiary/aromatic N) is 1. The fraction of sp³-hybridized carbons (Fsp3) is 0.462. The number of rotatable bonds is 3. The normalized spacial score (nSPS) is 17.9. The number of halogens is 2. The van der Waals surface area contributed by atoms with Crippen molar-refractivity contribution in [3.8, 4) is 6.07 Å². The third-order valence-corrected chi connectivity index (χ3v) is 4.08. The van der Waals surface area contributed by atoms with Crippen LogP contribution in [0.5, 0.6) is 0 Å². The molecule has 1 aliphatic carbocycles. The van der Waals surface area contributed by atoms with E-state index < -0.39 is 0 Å². The second kappa shape index (κ2) is 5.86. The maximum atomic E-state index is 9.27. The van der Waals surface area contributed by atoms with Gasteiger partial charge in [-0.25, -0.2) is 0 Å². The molecule has 1 aromatic carbocycles. The van der Waals surface area contributed by atoms with Gasteiger partial charge in [-0.2, -0.15) is 5.26 Å². The van der Waals surface area contributed by atoms with Gasteiger partial charge in [0.2, 0.25) is 0 Å². The van der Waals surface area contributed by atoms with Crippen molar-refractivity contribution < 1.29 is 0 Å². The summed E-state index contributed by atoms with van der Waals surface area (Å²) in [5.74, 6) is 0. The number of hydrogen-bond donors (Lipinski definition) is 1. The average molecular weight is 314 g/mol. The molecule has 1 atom stereocenters. The third kappa shape index (κ3) is 3.22. The predicted octanol–water partition coefficient (Wildman–Crippen LogP) is 4.20. The zero-order valence-electron chi connectivity index (χ0n) is 9.42. The van der Waals surface area contributed by atoms with E-state index >= 15 is 0 Å². The van der Waals surface area contributed by atoms with E-state index in [-0.39, 0.29) is 6.04 Å². The summed E-state index contributed by atoms with van der Waals surface area (Å²) in [6, 6.07) is 8.09. The van der Waals surface area contributed by atoms with E-state index in [1.807, 2.05) is 18.2 Å². The van der Waals surface area contributed by atoms with Crippen molar-refractivity contribution in [3.63, 3.8) is 0 Å². The summed E-state index contributed by atoms with van der Waals surface area (Å²) < 4.78 is 0.891. The van der Waals surface area contributed by atoms with Gasteiger partial charge in [0.15, 0.2) is 0 Å². The summed E-state index contributed by atoms with van der Waals surface area (Å²) >= 11 is 9.36. The molecule has 4 heteroatoms. The summed E-state index contributed by atoms with van der Waals surface area (Å²) in [7, 11) is 0. The molecule has 17 heavy (non-hydrogen) atoms. The molecular formula is C13H14BrClN2. The summed E-state index contributed by atoms with van der Waals surface area (Å²) in [4.78, 5) is 0. The Balaban J connectivity index is 2.14. The molecule has 0 saturated heterocycles. The molecule has 0 radical (unpaired) electrons. The van der Waals surface area contributed by atoms with Gasteiger partial charge in [-0.3, -0.25) is 5.32 Å². The number of nitriles is 1. The van der Waals surface area contributed by atoms with Crippen LogP contribution in [-0.4, -0.2) is 6.04 Å². The second-order valence-corrected chi connectivity index (χ2v) is 5.67. The van der Waals surface area contributed by atoms with E-state index in [1.54, 1.807) is 0 Å². The first kappa shape index (κ1) is 12.9. The maximum absolute atomic E-state index is 9.27. The Morgan fingerprint density at radius 3 is 2.71 bits per heavy atom. The third-order valence-electron chi connectivity index (χ3n) is 3.16. The topological polar surface area (TPSA) is 35.8 Å². The largest absolute Gasteiger partial charge is 0.295 e. The van der Waals surface area contributed by atoms with E-state index in [9.17, 15) is 5.26 Å². The SMILES string of the molecule is N#CC(NC1CCCC1)c1ccc(Cl)cc1Br. The lowest BCUT2D eigenvalue weighted by Gasteiger charge is -2.18. The minimum Gasteiger partial charge on any atom is -0.295 e. The van der Waals surface area contributed by atoms with Crippen molar-refractivity contribution in [2.24, 2.45) is 0 Å². The molecule has 2 rings (SSSR count). The van der Waals surface area contributed by atoms with Crippen LogP contribution in [-0.2, 0) is 0 Å². The van der Waals surface area contributed by atoms with Crippen LogP contribution in [0, 0.1) is 11.3 Å². The van der Waals surface area contributed by atoms with E-state index in [0.717, 1.165) is 10.0 Å². The predicted molar refractivity (Wildman–Crippen MR) is 72.9 cm³/mol. The summed E-state index contributed by atoms with van der Waals surface area (Å²) in [6.07, 6.45) is 4.86. The lowest BCUT2D eigenvalue weighted by molar-refractivity contribution is 0.491. The lowest BCUT2D eigenvalue weighted by atomic mass is 10.1. The number of nitrogens with one attached hydrogen (secondary N) is 1. The average Bonchev–Trinajstić information content (AvgIpc) is 2.79. The Bertz CT molecular complexity index is 436. The Kier molecular flexibility index (Phi) is 4.44. The molecule has 0 heterocycles. The van der Waals surface area contributed by atoms with Gasteiger partial charge >= 0.3 is 0 Å². The van der Waals surface area contributed by atoms with Crippen LogP contribution >= 0.6 is 27.5 Å². The zero-order valence-corrected chi connectivity index (χ0v) is 11.8. The Hall–Kier alpha value is -0.560. The standard InChI is InChI=1S/C13H14BrClN2/c14-12-7-9(15)5-6-11(12)13(8-16)17-10-3-1-2-4-10/h5-7,10,13,17H,1-4H2. The van der Waals surface area contributed by atoms with Crippen molar-refractivity contribution >= 4 is 27.5 Å². The highest BCUT2D eigenvalue weighted by molar-refractivity contribution is 9.10. The van der Waals surface area contributed by atoms with Crippen molar-refractivity contribution in [1.29, 1.82) is 5.26 Å². The van der Waals surface area contributed by atoms with Gasteiger partial charge in [-0.1, -0.05) is 46.4 Å². The minimum atomic E-state index is -0.259. The molecule has 1 fully saturated rings. The summed E-state index contributed by atoms with van der Waals surface area (Å²) in [5.41, 5.74) is 0.962. The monoisotopic (exact) mass is 312 g/mol. The Morgan fingerprint density at radius 1 is 1.41 bits per heavy atom. The molecule has 0 aromatic heterocycles. The minimum absolute atomic E-state index is 0.259. The molecule has 0 bridgehead atoms. The van der Waals surface area contributed by atoms with Crippen molar-refractivity contribution in [1.82, 2.24) is 5.32 Å². The van der Waals surface area contributed by atoms with Crippen LogP contribution in [0.1, 0.15) is 37.3 Å². The van der Waals surface area contributed by atoms with Crippen LogP contribution in [0.4, 0.5) is 0 Å². The van der Waals surface area contributed by atoms with Crippen LogP contribution in [0.15, 0.2) is 22.7 Å². The molecule has 0 spiro atoms. The highest BCUT2D eigenvalue weighted by Gasteiger charge is 2.21. The molecule has 90 valence electrons. The van der Waals surface area contributed by atoms with Crippen molar-refractivity contribution in [2.75, 3.05) is 0 Å². The molecule has 1 unspecified atom stereocenters. The lowest BCUT2D eigenvalue weighted by Crippen LogP contribution is -2.30. The highest BCUT2D eigenvalue weighted by Crippen LogP contribution is 2.28. The molecule has 1 saturated carbocycles. The van der Waals surface area contributed by atoms with Gasteiger partial charge in [-0.05, 0) is 30.5 Å². The van der Waals surface area contributed by atoms with Gasteiger partial charge in [0.05, 0.1) is 6.07 Å². The number of hydrogen-bond acceptors (Lipinski definition) is 2. The van der Waals surface area contributed by atoms with Crippen molar-refractivity contribution in [2.45, 2.75) is 37.8 Å². The van der Waals surface area contributed by atoms with Crippen LogP contribution in [0.3, 0.4) is 0 Å². The second-order valence-electron chi connectivity index (χ2n) is 4.38. The van der Waals surface area contributed by atoms with Gasteiger partial charge in [-0.15, -0.1) is 0 Å². The smallest absolute Gasteiger partial charge is 0.122 e. The van der Waals surface area contributed by atoms with E-state index in [0.29, 0.717) is 11.1 Å². The van der Waals surface area contributed by atoms with Gasteiger partial charge in [0, 0.05) is 15.5 Å². The number of benzene rings is 1. The van der Waals surface area contributed by atoms with Crippen molar-refractivity contribution in [3.05, 3.63) is 33.3 Å². The Labute approximate surface area is 115 Å². The zero-order chi connectivity index (χ0) is 12.3. The first-order valence-corrected chi connectivity index (χ1v) is 6.98. The van der Waals surface area contributed by atoms with E-state index in [4.69, 9.17) is 11.6 Å². The first-order valence-electron chi connectivity index (χ1n) is 5.81. The highest BCUT2D eigenvalue weighted by atomic mass is 79.9. The van der Waals surface area contributed by atoms with Crippen LogP contribution < -0.4 is 5.32 Å². The van der Waals surface area contributed by atoms with Gasteiger partial charge < -0.3 is 0 Å². The summed E-state index contributed by atoms with van der Waals surface area (Å²) in [5, 5.41) is 13.4. The van der Waals surface area contributed by atoms with E-state index in [1.165, 1.54) is 25.7 Å². The quantitative estimate of drug-likeness (QED) is 0.908. The van der Waals surface area contributed by atoms with E-state index in [2.05, 4.69) is 27.3 Å². The molecule has 0 aliphatic heterocycles.